The molecule has 194 valence electrons. The van der Waals surface area contributed by atoms with Crippen molar-refractivity contribution in [2.45, 2.75) is 48.1 Å². The second kappa shape index (κ2) is 11.2. The van der Waals surface area contributed by atoms with Crippen molar-refractivity contribution < 1.29 is 9.53 Å². The molecule has 38 heavy (non-hydrogen) atoms. The Balaban J connectivity index is 1.12. The van der Waals surface area contributed by atoms with Gasteiger partial charge in [0.1, 0.15) is 10.8 Å². The molecule has 8 heteroatoms. The monoisotopic (exact) mass is 542 g/mol. The highest BCUT2D eigenvalue weighted by Crippen LogP contribution is 2.41. The average Bonchev–Trinajstić information content (AvgIpc) is 3.58. The molecule has 6 nitrogen and oxygen atoms in total. The molecule has 1 atom stereocenters. The number of thiazole rings is 1. The van der Waals surface area contributed by atoms with E-state index in [0.717, 1.165) is 52.9 Å². The van der Waals surface area contributed by atoms with Gasteiger partial charge in [-0.1, -0.05) is 23.9 Å². The van der Waals surface area contributed by atoms with E-state index in [9.17, 15) is 4.79 Å². The molecule has 1 aromatic heterocycles. The van der Waals surface area contributed by atoms with E-state index in [2.05, 4.69) is 41.0 Å². The van der Waals surface area contributed by atoms with Crippen molar-refractivity contribution in [3.05, 3.63) is 88.4 Å². The number of benzene rings is 3. The zero-order chi connectivity index (χ0) is 25.9. The minimum absolute atomic E-state index is 0.415. The summed E-state index contributed by atoms with van der Waals surface area (Å²) in [5, 5.41) is 8.05. The Kier molecular flexibility index (Phi) is 7.35. The average molecular weight is 543 g/mol. The molecule has 3 aromatic carbocycles. The number of hydrogen-bond acceptors (Lipinski definition) is 7. The Morgan fingerprint density at radius 3 is 2.82 bits per heavy atom. The Bertz CT molecular complexity index is 1450. The van der Waals surface area contributed by atoms with Crippen LogP contribution in [-0.2, 0) is 13.0 Å². The van der Waals surface area contributed by atoms with Gasteiger partial charge in [-0.05, 0) is 85.5 Å². The van der Waals surface area contributed by atoms with Crippen LogP contribution in [0.5, 0.6) is 5.75 Å². The van der Waals surface area contributed by atoms with E-state index in [0.29, 0.717) is 18.2 Å². The van der Waals surface area contributed by atoms with Gasteiger partial charge in [-0.3, -0.25) is 4.79 Å². The van der Waals surface area contributed by atoms with Crippen LogP contribution in [0.15, 0.2) is 76.7 Å². The van der Waals surface area contributed by atoms with Crippen LogP contribution < -0.4 is 21.1 Å². The van der Waals surface area contributed by atoms with Crippen molar-refractivity contribution in [1.29, 1.82) is 0 Å². The molecule has 0 radical (unpaired) electrons. The SMILES string of the molecule is NC(=O)c1ccc2c(c1)NCc1c(Cc3cnc(-c4ccc(OCCC5CCCN5)cc4)s3)cccc1S2. The fourth-order valence-corrected chi connectivity index (χ4v) is 7.04. The van der Waals surface area contributed by atoms with Gasteiger partial charge >= 0.3 is 0 Å². The van der Waals surface area contributed by atoms with Crippen molar-refractivity contribution in [3.63, 3.8) is 0 Å². The van der Waals surface area contributed by atoms with Crippen molar-refractivity contribution in [1.82, 2.24) is 10.3 Å². The minimum Gasteiger partial charge on any atom is -0.494 e. The molecule has 4 aromatic rings. The van der Waals surface area contributed by atoms with Crippen molar-refractivity contribution in [3.8, 4) is 16.3 Å². The summed E-state index contributed by atoms with van der Waals surface area (Å²) in [6.07, 6.45) is 6.38. The Hall–Kier alpha value is -3.33. The molecule has 6 rings (SSSR count). The van der Waals surface area contributed by atoms with Crippen LogP contribution in [-0.4, -0.2) is 30.1 Å². The fraction of sp³-hybridized carbons (Fsp3) is 0.267. The minimum atomic E-state index is -0.415. The number of ether oxygens (including phenoxy) is 1. The largest absolute Gasteiger partial charge is 0.494 e. The Morgan fingerprint density at radius 2 is 2.00 bits per heavy atom. The van der Waals surface area contributed by atoms with E-state index in [1.807, 2.05) is 30.5 Å². The maximum atomic E-state index is 11.6. The molecule has 1 fully saturated rings. The Labute approximate surface area is 231 Å². The number of rotatable bonds is 8. The summed E-state index contributed by atoms with van der Waals surface area (Å²) in [5.74, 6) is 0.492. The molecule has 1 saturated heterocycles. The quantitative estimate of drug-likeness (QED) is 0.249. The number of primary amides is 1. The van der Waals surface area contributed by atoms with Gasteiger partial charge < -0.3 is 21.1 Å². The van der Waals surface area contributed by atoms with Gasteiger partial charge in [0.25, 0.3) is 0 Å². The van der Waals surface area contributed by atoms with E-state index in [4.69, 9.17) is 15.5 Å². The van der Waals surface area contributed by atoms with Crippen LogP contribution in [0.3, 0.4) is 0 Å². The summed E-state index contributed by atoms with van der Waals surface area (Å²) >= 11 is 3.45. The first-order valence-corrected chi connectivity index (χ1v) is 14.6. The first-order valence-electron chi connectivity index (χ1n) is 13.0. The molecule has 1 amide bonds. The maximum Gasteiger partial charge on any atom is 0.248 e. The third-order valence-electron chi connectivity index (χ3n) is 7.09. The van der Waals surface area contributed by atoms with Gasteiger partial charge in [0.05, 0.1) is 6.61 Å². The van der Waals surface area contributed by atoms with E-state index in [-0.39, 0.29) is 0 Å². The van der Waals surface area contributed by atoms with Gasteiger partial charge in [-0.15, -0.1) is 11.3 Å². The molecular formula is C30H30N4O2S2. The molecule has 0 spiro atoms. The summed E-state index contributed by atoms with van der Waals surface area (Å²) in [6, 6.07) is 20.9. The number of nitrogens with zero attached hydrogens (tertiary/aromatic N) is 1. The third-order valence-corrected chi connectivity index (χ3v) is 9.31. The summed E-state index contributed by atoms with van der Waals surface area (Å²) in [7, 11) is 0. The summed E-state index contributed by atoms with van der Waals surface area (Å²) in [4.78, 5) is 19.9. The standard InChI is InChI=1S/C30H30N4O2S2/c31-29(35)21-8-11-28-26(16-21)33-18-25-20(3-1-5-27(25)38-28)15-24-17-34-30(37-24)19-6-9-23(10-7-19)36-14-12-22-4-2-13-32-22/h1,3,5-11,16-17,22,32-33H,2,4,12-15,18H2,(H2,31,35). The number of fused-ring (bicyclic) bond motifs is 2. The number of hydrogen-bond donors (Lipinski definition) is 3. The van der Waals surface area contributed by atoms with Crippen molar-refractivity contribution in [2.24, 2.45) is 5.73 Å². The molecule has 0 saturated carbocycles. The van der Waals surface area contributed by atoms with Crippen molar-refractivity contribution >= 4 is 34.7 Å². The van der Waals surface area contributed by atoms with E-state index in [1.54, 1.807) is 29.2 Å². The first kappa shape index (κ1) is 25.0. The van der Waals surface area contributed by atoms with E-state index < -0.39 is 5.91 Å². The predicted molar refractivity (Wildman–Crippen MR) is 154 cm³/mol. The van der Waals surface area contributed by atoms with Crippen LogP contribution in [0, 0.1) is 0 Å². The smallest absolute Gasteiger partial charge is 0.248 e. The normalized spacial score (nSPS) is 16.3. The number of nitrogens with one attached hydrogen (secondary N) is 2. The van der Waals surface area contributed by atoms with Gasteiger partial charge in [-0.25, -0.2) is 4.98 Å². The van der Waals surface area contributed by atoms with E-state index >= 15 is 0 Å². The number of carbonyl (C=O) groups is 1. The third kappa shape index (κ3) is 5.57. The number of amides is 1. The molecule has 3 heterocycles. The van der Waals surface area contributed by atoms with E-state index in [1.165, 1.54) is 33.7 Å². The highest BCUT2D eigenvalue weighted by Gasteiger charge is 2.18. The number of carbonyl (C=O) groups excluding carboxylic acids is 1. The zero-order valence-electron chi connectivity index (χ0n) is 21.0. The van der Waals surface area contributed by atoms with Crippen LogP contribution in [0.4, 0.5) is 5.69 Å². The molecule has 2 aliphatic heterocycles. The number of nitrogens with two attached hydrogens (primary N) is 1. The Morgan fingerprint density at radius 1 is 1.11 bits per heavy atom. The lowest BCUT2D eigenvalue weighted by molar-refractivity contribution is 0.1000. The van der Waals surface area contributed by atoms with Gasteiger partial charge in [0, 0.05) is 56.7 Å². The zero-order valence-corrected chi connectivity index (χ0v) is 22.7. The van der Waals surface area contributed by atoms with Crippen LogP contribution in [0.25, 0.3) is 10.6 Å². The molecule has 4 N–H and O–H groups in total. The topological polar surface area (TPSA) is 89.3 Å². The van der Waals surface area contributed by atoms with Gasteiger partial charge in [0.2, 0.25) is 5.91 Å². The fourth-order valence-electron chi connectivity index (χ4n) is 5.01. The van der Waals surface area contributed by atoms with Crippen LogP contribution >= 0.6 is 23.1 Å². The molecular weight excluding hydrogens is 512 g/mol. The second-order valence-electron chi connectivity index (χ2n) is 9.69. The lowest BCUT2D eigenvalue weighted by Crippen LogP contribution is -2.23. The maximum absolute atomic E-state index is 11.6. The summed E-state index contributed by atoms with van der Waals surface area (Å²) in [6.45, 7) is 2.56. The van der Waals surface area contributed by atoms with Crippen molar-refractivity contribution in [2.75, 3.05) is 18.5 Å². The first-order chi connectivity index (χ1) is 18.6. The number of anilines is 1. The summed E-state index contributed by atoms with van der Waals surface area (Å²) < 4.78 is 5.96. The highest BCUT2D eigenvalue weighted by atomic mass is 32.2. The highest BCUT2D eigenvalue weighted by molar-refractivity contribution is 7.99. The van der Waals surface area contributed by atoms with Crippen LogP contribution in [0.1, 0.15) is 45.6 Å². The van der Waals surface area contributed by atoms with Crippen LogP contribution in [0.2, 0.25) is 0 Å². The lowest BCUT2D eigenvalue weighted by Gasteiger charge is -2.11. The second-order valence-corrected chi connectivity index (χ2v) is 11.9. The molecule has 1 unspecified atom stereocenters. The van der Waals surface area contributed by atoms with Gasteiger partial charge in [0.15, 0.2) is 0 Å². The predicted octanol–water partition coefficient (Wildman–Crippen LogP) is 6.10. The lowest BCUT2D eigenvalue weighted by atomic mass is 10.0. The molecule has 0 bridgehead atoms. The molecule has 2 aliphatic rings. The summed E-state index contributed by atoms with van der Waals surface area (Å²) in [5.41, 5.74) is 10.6. The molecule has 0 aliphatic carbocycles. The number of aromatic nitrogens is 1. The van der Waals surface area contributed by atoms with Gasteiger partial charge in [-0.2, -0.15) is 0 Å².